The lowest BCUT2D eigenvalue weighted by atomic mass is 10.0. The molecule has 0 fully saturated rings. The van der Waals surface area contributed by atoms with Gasteiger partial charge in [-0.15, -0.1) is 0 Å². The number of ether oxygens (including phenoxy) is 2. The monoisotopic (exact) mass is 394 g/mol. The van der Waals surface area contributed by atoms with E-state index < -0.39 is 36.8 Å². The molecule has 0 radical (unpaired) electrons. The minimum atomic E-state index is -3.12. The van der Waals surface area contributed by atoms with E-state index in [2.05, 4.69) is 4.74 Å². The molecule has 1 aromatic rings. The molecule has 0 aliphatic heterocycles. The molecule has 1 aromatic carbocycles. The molecule has 0 heterocycles. The van der Waals surface area contributed by atoms with Crippen molar-refractivity contribution in [2.24, 2.45) is 0 Å². The van der Waals surface area contributed by atoms with Crippen LogP contribution in [0.2, 0.25) is 0 Å². The Balaban J connectivity index is 0.000000821. The summed E-state index contributed by atoms with van der Waals surface area (Å²) in [6, 6.07) is 6.18. The van der Waals surface area contributed by atoms with Gasteiger partial charge in [-0.05, 0) is 5.56 Å². The van der Waals surface area contributed by atoms with Crippen LogP contribution >= 0.6 is 0 Å². The highest BCUT2D eigenvalue weighted by molar-refractivity contribution is 6.08. The maximum Gasteiger partial charge on any atom is 0.373 e. The summed E-state index contributed by atoms with van der Waals surface area (Å²) in [5.74, 6) is -3.88. The number of benzene rings is 1. The number of halogens is 4. The van der Waals surface area contributed by atoms with Crippen LogP contribution in [-0.4, -0.2) is 50.1 Å². The van der Waals surface area contributed by atoms with Crippen LogP contribution in [0, 0.1) is 0 Å². The van der Waals surface area contributed by atoms with Crippen molar-refractivity contribution in [1.29, 1.82) is 0 Å². The van der Waals surface area contributed by atoms with Crippen LogP contribution in [0.3, 0.4) is 0 Å². The fourth-order valence-electron chi connectivity index (χ4n) is 1.60. The molecule has 0 aliphatic carbocycles. The summed E-state index contributed by atoms with van der Waals surface area (Å²) in [7, 11) is 0.911. The Kier molecular flexibility index (Phi) is 11.3. The van der Waals surface area contributed by atoms with Crippen molar-refractivity contribution in [2.45, 2.75) is 32.6 Å². The Morgan fingerprint density at radius 3 is 1.89 bits per heavy atom. The first-order chi connectivity index (χ1) is 12.6. The molecule has 0 amide bonds. The van der Waals surface area contributed by atoms with Gasteiger partial charge in [0.05, 0.1) is 20.1 Å². The van der Waals surface area contributed by atoms with Gasteiger partial charge in [-0.3, -0.25) is 14.4 Å². The van der Waals surface area contributed by atoms with Gasteiger partial charge in [0.2, 0.25) is 5.78 Å². The van der Waals surface area contributed by atoms with Crippen molar-refractivity contribution in [3.05, 3.63) is 35.4 Å². The Bertz CT molecular complexity index is 643. The van der Waals surface area contributed by atoms with E-state index in [1.807, 2.05) is 0 Å². The molecule has 1 rings (SSSR count). The second-order valence-corrected chi connectivity index (χ2v) is 4.98. The maximum atomic E-state index is 12.0. The van der Waals surface area contributed by atoms with Gasteiger partial charge in [0.15, 0.2) is 5.78 Å². The van der Waals surface area contributed by atoms with Gasteiger partial charge in [0.1, 0.15) is 0 Å². The highest BCUT2D eigenvalue weighted by Gasteiger charge is 2.19. The Morgan fingerprint density at radius 2 is 1.52 bits per heavy atom. The molecule has 0 aromatic heterocycles. The molecule has 0 atom stereocenters. The molecule has 150 valence electrons. The average molecular weight is 394 g/mol. The van der Waals surface area contributed by atoms with Crippen molar-refractivity contribution >= 4 is 23.5 Å². The van der Waals surface area contributed by atoms with E-state index in [-0.39, 0.29) is 18.1 Å². The molecule has 0 aliphatic rings. The summed E-state index contributed by atoms with van der Waals surface area (Å²) in [6.45, 7) is 1.54. The number of methoxy groups -OCH3 is 1. The van der Waals surface area contributed by atoms with Crippen LogP contribution in [-0.2, 0) is 30.3 Å². The number of ketones is 2. The Morgan fingerprint density at radius 1 is 0.963 bits per heavy atom. The van der Waals surface area contributed by atoms with E-state index in [1.54, 1.807) is 12.1 Å². The molecule has 10 heteroatoms. The zero-order valence-electron chi connectivity index (χ0n) is 14.5. The van der Waals surface area contributed by atoms with Crippen molar-refractivity contribution in [3.63, 3.8) is 0 Å². The Labute approximate surface area is 152 Å². The number of alkyl halides is 4. The van der Waals surface area contributed by atoms with Crippen LogP contribution in [0.25, 0.3) is 0 Å². The molecule has 0 N–H and O–H groups in total. The fourth-order valence-corrected chi connectivity index (χ4v) is 1.60. The van der Waals surface area contributed by atoms with Gasteiger partial charge < -0.3 is 9.47 Å². The van der Waals surface area contributed by atoms with Crippen LogP contribution in [0.4, 0.5) is 17.6 Å². The number of Topliss-reactive ketones (excluding diaryl/α,β-unsaturated/α-hetero) is 2. The molecule has 27 heavy (non-hydrogen) atoms. The summed E-state index contributed by atoms with van der Waals surface area (Å²) >= 11 is 0. The van der Waals surface area contributed by atoms with Crippen LogP contribution in [0.5, 0.6) is 0 Å². The smallest absolute Gasteiger partial charge is 0.373 e. The molecule has 0 bridgehead atoms. The van der Waals surface area contributed by atoms with E-state index in [1.165, 1.54) is 19.1 Å². The molecule has 0 saturated carbocycles. The first-order valence-corrected chi connectivity index (χ1v) is 7.50. The number of esters is 2. The lowest BCUT2D eigenvalue weighted by molar-refractivity contribution is -0.153. The van der Waals surface area contributed by atoms with Crippen LogP contribution in [0.1, 0.15) is 29.3 Å². The summed E-state index contributed by atoms with van der Waals surface area (Å²) in [4.78, 5) is 42.4. The zero-order chi connectivity index (χ0) is 21.0. The maximum absolute atomic E-state index is 12.0. The molecule has 6 nitrogen and oxygen atoms in total. The third-order valence-electron chi connectivity index (χ3n) is 2.93. The van der Waals surface area contributed by atoms with E-state index >= 15 is 0 Å². The van der Waals surface area contributed by atoms with Crippen molar-refractivity contribution in [1.82, 2.24) is 0 Å². The molecule has 0 saturated heterocycles. The SMILES string of the molecule is CC(=O)OCCc1ccc(C(=O)CC(=O)C(F)F)cc1.COC(=O)C(F)F. The van der Waals surface area contributed by atoms with Gasteiger partial charge in [-0.25, -0.2) is 13.6 Å². The summed E-state index contributed by atoms with van der Waals surface area (Å²) in [5.41, 5.74) is 1.04. The normalized spacial score (nSPS) is 10.1. The molecule has 0 spiro atoms. The van der Waals surface area contributed by atoms with Crippen molar-refractivity contribution in [2.75, 3.05) is 13.7 Å². The largest absolute Gasteiger partial charge is 0.466 e. The predicted octanol–water partition coefficient (Wildman–Crippen LogP) is 2.62. The highest BCUT2D eigenvalue weighted by Crippen LogP contribution is 2.10. The zero-order valence-corrected chi connectivity index (χ0v) is 14.5. The number of carbonyl (C=O) groups excluding carboxylic acids is 4. The summed E-state index contributed by atoms with van der Waals surface area (Å²) in [5, 5.41) is 0. The standard InChI is InChI=1S/C14H14F2O4.C3H4F2O2/c1-9(17)20-7-6-10-2-4-11(5-3-10)12(18)8-13(19)14(15)16;1-7-3(6)2(4)5/h2-5,14H,6-8H2,1H3;2H,1H3. The minimum Gasteiger partial charge on any atom is -0.466 e. The predicted molar refractivity (Wildman–Crippen MR) is 84.8 cm³/mol. The highest BCUT2D eigenvalue weighted by atomic mass is 19.3. The van der Waals surface area contributed by atoms with Crippen LogP contribution < -0.4 is 0 Å². The van der Waals surface area contributed by atoms with Gasteiger partial charge in [0, 0.05) is 18.9 Å². The third-order valence-corrected chi connectivity index (χ3v) is 2.93. The van der Waals surface area contributed by atoms with Gasteiger partial charge in [-0.1, -0.05) is 24.3 Å². The first-order valence-electron chi connectivity index (χ1n) is 7.50. The number of carbonyl (C=O) groups is 4. The van der Waals surface area contributed by atoms with Gasteiger partial charge in [0.25, 0.3) is 6.43 Å². The third kappa shape index (κ3) is 10.7. The lowest BCUT2D eigenvalue weighted by Gasteiger charge is -2.04. The topological polar surface area (TPSA) is 86.7 Å². The van der Waals surface area contributed by atoms with Crippen molar-refractivity contribution < 1.29 is 46.2 Å². The summed E-state index contributed by atoms with van der Waals surface area (Å²) < 4.78 is 54.4. The Hall–Kier alpha value is -2.78. The fraction of sp³-hybridized carbons (Fsp3) is 0.412. The van der Waals surface area contributed by atoms with E-state index in [4.69, 9.17) is 4.74 Å². The molecule has 0 unspecified atom stereocenters. The minimum absolute atomic E-state index is 0.204. The van der Waals surface area contributed by atoms with E-state index in [0.29, 0.717) is 6.42 Å². The van der Waals surface area contributed by atoms with Crippen LogP contribution in [0.15, 0.2) is 24.3 Å². The first kappa shape index (κ1) is 24.2. The van der Waals surface area contributed by atoms with Gasteiger partial charge in [-0.2, -0.15) is 8.78 Å². The van der Waals surface area contributed by atoms with E-state index in [9.17, 15) is 36.7 Å². The summed E-state index contributed by atoms with van der Waals surface area (Å²) in [6.07, 6.45) is -6.43. The second kappa shape index (κ2) is 12.6. The molecular weight excluding hydrogens is 376 g/mol. The van der Waals surface area contributed by atoms with Gasteiger partial charge >= 0.3 is 18.4 Å². The van der Waals surface area contributed by atoms with Crippen molar-refractivity contribution in [3.8, 4) is 0 Å². The quantitative estimate of drug-likeness (QED) is 0.292. The number of rotatable bonds is 8. The van der Waals surface area contributed by atoms with E-state index in [0.717, 1.165) is 12.7 Å². The average Bonchev–Trinajstić information content (AvgIpc) is 2.61. The number of hydrogen-bond donors (Lipinski definition) is 0. The molecular formula is C17H18F4O6. The number of hydrogen-bond acceptors (Lipinski definition) is 6. The second-order valence-electron chi connectivity index (χ2n) is 4.98. The lowest BCUT2D eigenvalue weighted by Crippen LogP contribution is -2.15.